The van der Waals surface area contributed by atoms with Crippen LogP contribution in [-0.2, 0) is 26.5 Å². The minimum Gasteiger partial charge on any atom is -0.501 e. The van der Waals surface area contributed by atoms with Gasteiger partial charge in [-0.3, -0.25) is 0 Å². The molecular weight excluding hydrogens is 793 g/mol. The fourth-order valence-electron chi connectivity index (χ4n) is 6.17. The van der Waals surface area contributed by atoms with Gasteiger partial charge in [0.2, 0.25) is 0 Å². The van der Waals surface area contributed by atoms with Crippen LogP contribution in [0.4, 0.5) is 0 Å². The predicted molar refractivity (Wildman–Crippen MR) is 205 cm³/mol. The van der Waals surface area contributed by atoms with Crippen molar-refractivity contribution in [1.82, 2.24) is 9.97 Å². The summed E-state index contributed by atoms with van der Waals surface area (Å²) in [6, 6.07) is 42.0. The van der Waals surface area contributed by atoms with E-state index in [1.807, 2.05) is 36.5 Å². The fourth-order valence-corrected chi connectivity index (χ4v) is 7.76. The molecule has 7 rings (SSSR count). The Bertz CT molecular complexity index is 2150. The molecular formula is C44H44IrN2OSi-2. The second-order valence-corrected chi connectivity index (χ2v) is 19.3. The van der Waals surface area contributed by atoms with Crippen molar-refractivity contribution in [2.24, 2.45) is 5.92 Å². The van der Waals surface area contributed by atoms with E-state index in [1.165, 1.54) is 21.9 Å². The molecule has 3 heterocycles. The number of nitrogens with zero attached hydrogens (tertiary/aromatic N) is 2. The monoisotopic (exact) mass is 837 g/mol. The second-order valence-electron chi connectivity index (χ2n) is 14.3. The van der Waals surface area contributed by atoms with Gasteiger partial charge < -0.3 is 14.4 Å². The third kappa shape index (κ3) is 8.36. The Morgan fingerprint density at radius 1 is 0.714 bits per heavy atom. The number of rotatable bonds is 7. The Kier molecular flexibility index (Phi) is 11.5. The molecule has 4 aromatic carbocycles. The maximum absolute atomic E-state index is 6.33. The Balaban J connectivity index is 0.000000199. The van der Waals surface area contributed by atoms with Gasteiger partial charge in [-0.1, -0.05) is 124 Å². The average molecular weight is 837 g/mol. The van der Waals surface area contributed by atoms with Crippen LogP contribution in [0.15, 0.2) is 120 Å². The van der Waals surface area contributed by atoms with Crippen molar-refractivity contribution in [3.63, 3.8) is 0 Å². The average Bonchev–Trinajstić information content (AvgIpc) is 3.47. The molecule has 3 aromatic heterocycles. The third-order valence-corrected chi connectivity index (χ3v) is 10.7. The van der Waals surface area contributed by atoms with Gasteiger partial charge in [-0.2, -0.15) is 0 Å². The molecule has 251 valence electrons. The quantitative estimate of drug-likeness (QED) is 0.119. The smallest absolute Gasteiger partial charge is 0.121 e. The molecule has 0 aliphatic rings. The van der Waals surface area contributed by atoms with E-state index in [4.69, 9.17) is 4.42 Å². The van der Waals surface area contributed by atoms with E-state index < -0.39 is 8.07 Å². The van der Waals surface area contributed by atoms with Crippen molar-refractivity contribution < 1.29 is 24.5 Å². The van der Waals surface area contributed by atoms with E-state index in [0.29, 0.717) is 11.8 Å². The van der Waals surface area contributed by atoms with Crippen LogP contribution in [-0.4, -0.2) is 18.0 Å². The maximum Gasteiger partial charge on any atom is 0.121 e. The van der Waals surface area contributed by atoms with Gasteiger partial charge in [-0.15, -0.1) is 54.1 Å². The predicted octanol–water partition coefficient (Wildman–Crippen LogP) is 11.5. The van der Waals surface area contributed by atoms with Crippen molar-refractivity contribution in [2.75, 3.05) is 0 Å². The second kappa shape index (κ2) is 15.6. The molecule has 49 heavy (non-hydrogen) atoms. The maximum atomic E-state index is 6.33. The summed E-state index contributed by atoms with van der Waals surface area (Å²) in [6.45, 7) is 16.1. The molecule has 0 aliphatic heterocycles. The molecule has 1 radical (unpaired) electrons. The van der Waals surface area contributed by atoms with Crippen LogP contribution < -0.4 is 5.19 Å². The van der Waals surface area contributed by atoms with Crippen LogP contribution in [0.3, 0.4) is 0 Å². The number of fused-ring (bicyclic) bond motifs is 3. The molecule has 0 unspecified atom stereocenters. The number of furan rings is 1. The van der Waals surface area contributed by atoms with Crippen molar-refractivity contribution in [2.45, 2.75) is 59.7 Å². The molecule has 5 heteroatoms. The molecule has 0 bridgehead atoms. The summed E-state index contributed by atoms with van der Waals surface area (Å²) in [4.78, 5) is 9.27. The summed E-state index contributed by atoms with van der Waals surface area (Å²) in [7, 11) is -1.34. The van der Waals surface area contributed by atoms with E-state index in [1.54, 1.807) is 0 Å². The van der Waals surface area contributed by atoms with E-state index in [2.05, 4.69) is 148 Å². The summed E-state index contributed by atoms with van der Waals surface area (Å²) < 4.78 is 6.33. The van der Waals surface area contributed by atoms with Gasteiger partial charge in [0.1, 0.15) is 5.58 Å². The summed E-state index contributed by atoms with van der Waals surface area (Å²) in [5, 5.41) is 3.70. The minimum absolute atomic E-state index is 0. The summed E-state index contributed by atoms with van der Waals surface area (Å²) in [5.74, 6) is 1.12. The van der Waals surface area contributed by atoms with E-state index in [9.17, 15) is 0 Å². The number of hydrogen-bond acceptors (Lipinski definition) is 3. The van der Waals surface area contributed by atoms with E-state index in [0.717, 1.165) is 56.4 Å². The first-order chi connectivity index (χ1) is 23.1. The van der Waals surface area contributed by atoms with Crippen molar-refractivity contribution in [1.29, 1.82) is 0 Å². The van der Waals surface area contributed by atoms with Crippen LogP contribution in [0.25, 0.3) is 55.6 Å². The zero-order valence-electron chi connectivity index (χ0n) is 29.5. The third-order valence-electron chi connectivity index (χ3n) is 8.66. The molecule has 0 saturated carbocycles. The zero-order chi connectivity index (χ0) is 33.8. The molecule has 0 atom stereocenters. The minimum atomic E-state index is -1.34. The Hall–Kier alpha value is -4.15. The summed E-state index contributed by atoms with van der Waals surface area (Å²) in [6.07, 6.45) is 5.11. The van der Waals surface area contributed by atoms with E-state index >= 15 is 0 Å². The first-order valence-electron chi connectivity index (χ1n) is 16.9. The van der Waals surface area contributed by atoms with E-state index in [-0.39, 0.29) is 20.1 Å². The number of hydrogen-bond donors (Lipinski definition) is 0. The largest absolute Gasteiger partial charge is 0.501 e. The van der Waals surface area contributed by atoms with Crippen molar-refractivity contribution in [3.8, 4) is 33.6 Å². The molecule has 3 nitrogen and oxygen atoms in total. The van der Waals surface area contributed by atoms with Crippen molar-refractivity contribution >= 4 is 35.2 Å². The summed E-state index contributed by atoms with van der Waals surface area (Å²) >= 11 is 0. The van der Waals surface area contributed by atoms with Gasteiger partial charge in [-0.05, 0) is 58.1 Å². The molecule has 0 fully saturated rings. The van der Waals surface area contributed by atoms with Crippen LogP contribution >= 0.6 is 0 Å². The van der Waals surface area contributed by atoms with Gasteiger partial charge in [0.25, 0.3) is 0 Å². The van der Waals surface area contributed by atoms with Crippen LogP contribution in [0.2, 0.25) is 19.6 Å². The SMILES string of the molecule is CC(C)Cc1cc(-c2[c-]cccc2)ncc1[Si](C)(C)C.CC(C)c1ccnc(-c2[c-]ccc3c2oc2cc(-c4ccccc4)ccc23)c1.[Ir]. The number of pyridine rings is 2. The molecule has 0 aliphatic carbocycles. The zero-order valence-corrected chi connectivity index (χ0v) is 32.9. The Morgan fingerprint density at radius 3 is 2.18 bits per heavy atom. The van der Waals surface area contributed by atoms with Crippen molar-refractivity contribution in [3.05, 3.63) is 139 Å². The Labute approximate surface area is 306 Å². The van der Waals surface area contributed by atoms with Crippen LogP contribution in [0, 0.1) is 18.1 Å². The molecule has 7 aromatic rings. The molecule has 0 N–H and O–H groups in total. The molecule has 0 spiro atoms. The van der Waals surface area contributed by atoms with Gasteiger partial charge in [-0.25, -0.2) is 0 Å². The number of benzene rings is 4. The Morgan fingerprint density at radius 2 is 1.49 bits per heavy atom. The first-order valence-corrected chi connectivity index (χ1v) is 20.4. The number of aromatic nitrogens is 2. The summed E-state index contributed by atoms with van der Waals surface area (Å²) in [5.41, 5.74) is 10.7. The topological polar surface area (TPSA) is 38.9 Å². The normalized spacial score (nSPS) is 11.4. The first kappa shape index (κ1) is 36.1. The van der Waals surface area contributed by atoms with Crippen LogP contribution in [0.1, 0.15) is 44.7 Å². The molecule has 0 saturated heterocycles. The van der Waals surface area contributed by atoms with Crippen LogP contribution in [0.5, 0.6) is 0 Å². The fraction of sp³-hybridized carbons (Fsp3) is 0.227. The standard InChI is InChI=1S/C26H20NO.C18H24NSi.Ir/c1-17(2)19-13-14-27-24(15-19)23-10-6-9-22-21-12-11-20(16-25(21)28-26(22)23)18-7-4-3-5-8-18;1-14(2)11-16-12-17(15-9-7-6-8-10-15)19-13-18(16)20(3,4)5;/h3-9,11-17H,1-2H3;6-9,12-14H,11H2,1-5H3;/q2*-1;. The van der Waals surface area contributed by atoms with Gasteiger partial charge in [0.15, 0.2) is 0 Å². The van der Waals surface area contributed by atoms with Gasteiger partial charge in [0, 0.05) is 37.9 Å². The van der Waals surface area contributed by atoms with Gasteiger partial charge in [0.05, 0.1) is 13.7 Å². The van der Waals surface area contributed by atoms with Gasteiger partial charge >= 0.3 is 0 Å². The molecule has 0 amide bonds.